The number of hydrogen-bond acceptors (Lipinski definition) is 6. The zero-order chi connectivity index (χ0) is 22.2. The van der Waals surface area contributed by atoms with Crippen molar-refractivity contribution in [2.45, 2.75) is 77.5 Å². The lowest BCUT2D eigenvalue weighted by atomic mass is 9.46. The first kappa shape index (κ1) is 21.5. The highest BCUT2D eigenvalue weighted by atomic mass is 16.9. The molecule has 1 heterocycles. The normalized spacial score (nSPS) is 51.3. The number of aliphatic hydroxyl groups is 1. The minimum absolute atomic E-state index is 0.0293. The van der Waals surface area contributed by atoms with Gasteiger partial charge in [0.05, 0.1) is 6.10 Å². The maximum atomic E-state index is 13.3. The number of hydrogen-bond donors (Lipinski definition) is 1. The topological polar surface area (TPSA) is 82.1 Å². The largest absolute Gasteiger partial charge is 0.393 e. The molecule has 8 atom stereocenters. The number of rotatable bonds is 2. The second-order valence-electron chi connectivity index (χ2n) is 10.7. The lowest BCUT2D eigenvalue weighted by Crippen LogP contribution is -2.67. The van der Waals surface area contributed by atoms with E-state index in [1.807, 2.05) is 13.0 Å². The zero-order valence-electron chi connectivity index (χ0n) is 19.0. The fourth-order valence-electron chi connectivity index (χ4n) is 7.99. The summed E-state index contributed by atoms with van der Waals surface area (Å²) in [6.07, 6.45) is 8.65. The van der Waals surface area contributed by atoms with Crippen molar-refractivity contribution >= 4 is 11.6 Å². The molecule has 1 spiro atoms. The van der Waals surface area contributed by atoms with Gasteiger partial charge in [-0.25, -0.2) is 0 Å². The minimum atomic E-state index is -1.25. The first-order valence-corrected chi connectivity index (χ1v) is 11.7. The first-order chi connectivity index (χ1) is 14.6. The summed E-state index contributed by atoms with van der Waals surface area (Å²) >= 11 is 0. The average Bonchev–Trinajstić information content (AvgIpc) is 2.98. The van der Waals surface area contributed by atoms with Gasteiger partial charge in [-0.2, -0.15) is 0 Å². The van der Waals surface area contributed by atoms with Gasteiger partial charge in [-0.3, -0.25) is 9.59 Å². The Morgan fingerprint density at radius 2 is 2.00 bits per heavy atom. The Morgan fingerprint density at radius 3 is 2.74 bits per heavy atom. The SMILES string of the molecule is CCO[C@]1(C)OCC(=O)[C@]2(CC[C@H]3[C@@H]4CCC5=CC(=O)C=C[C@]5(C)[C@H]4[C@@H](O)C[C@@]32C)O1. The monoisotopic (exact) mass is 430 g/mol. The van der Waals surface area contributed by atoms with Gasteiger partial charge in [-0.15, -0.1) is 0 Å². The smallest absolute Gasteiger partial charge is 0.281 e. The van der Waals surface area contributed by atoms with Crippen molar-refractivity contribution in [3.63, 3.8) is 0 Å². The molecular weight excluding hydrogens is 396 g/mol. The molecule has 0 bridgehead atoms. The molecule has 6 heteroatoms. The minimum Gasteiger partial charge on any atom is -0.393 e. The third-order valence-electron chi connectivity index (χ3n) is 9.30. The molecule has 0 amide bonds. The van der Waals surface area contributed by atoms with Crippen LogP contribution in [-0.4, -0.2) is 47.6 Å². The molecule has 4 fully saturated rings. The molecule has 3 saturated carbocycles. The van der Waals surface area contributed by atoms with Crippen LogP contribution in [0.1, 0.15) is 59.8 Å². The van der Waals surface area contributed by atoms with E-state index in [-0.39, 0.29) is 41.3 Å². The number of ketones is 2. The summed E-state index contributed by atoms with van der Waals surface area (Å²) in [5.41, 5.74) is -0.660. The maximum Gasteiger partial charge on any atom is 0.281 e. The van der Waals surface area contributed by atoms with E-state index in [1.54, 1.807) is 19.1 Å². The Kier molecular flexibility index (Phi) is 4.74. The summed E-state index contributed by atoms with van der Waals surface area (Å²) in [6.45, 7) is 8.31. The summed E-state index contributed by atoms with van der Waals surface area (Å²) < 4.78 is 17.9. The Morgan fingerprint density at radius 1 is 1.23 bits per heavy atom. The third-order valence-corrected chi connectivity index (χ3v) is 9.30. The standard InChI is InChI=1S/C25H34O6/c1-5-29-24(4)30-14-20(28)25(31-24)11-9-18-17-7-6-15-12-16(26)8-10-22(15,2)21(17)19(27)13-23(18,25)3/h8,10,12,17-19,21,27H,5-7,9,11,13-14H2,1-4H3/t17-,18-,19-,21+,22-,23-,24+,25-/m0/s1. The molecule has 6 nitrogen and oxygen atoms in total. The van der Waals surface area contributed by atoms with Gasteiger partial charge < -0.3 is 19.3 Å². The highest BCUT2D eigenvalue weighted by Gasteiger charge is 2.71. The van der Waals surface area contributed by atoms with Crippen LogP contribution in [0, 0.1) is 28.6 Å². The van der Waals surface area contributed by atoms with Crippen LogP contribution in [0.5, 0.6) is 0 Å². The Balaban J connectivity index is 1.53. The fraction of sp³-hybridized carbons (Fsp3) is 0.760. The molecule has 1 saturated heterocycles. The molecule has 0 aromatic rings. The molecule has 31 heavy (non-hydrogen) atoms. The van der Waals surface area contributed by atoms with Crippen LogP contribution in [0.2, 0.25) is 0 Å². The molecular formula is C25H34O6. The number of carbonyl (C=O) groups is 2. The van der Waals surface area contributed by atoms with E-state index in [0.717, 1.165) is 24.8 Å². The van der Waals surface area contributed by atoms with Gasteiger partial charge in [0.1, 0.15) is 12.2 Å². The first-order valence-electron chi connectivity index (χ1n) is 11.7. The van der Waals surface area contributed by atoms with Gasteiger partial charge >= 0.3 is 0 Å². The maximum absolute atomic E-state index is 13.3. The van der Waals surface area contributed by atoms with Gasteiger partial charge in [0, 0.05) is 30.3 Å². The van der Waals surface area contributed by atoms with Crippen LogP contribution in [0.15, 0.2) is 23.8 Å². The zero-order valence-corrected chi connectivity index (χ0v) is 19.0. The Hall–Kier alpha value is -1.34. The average molecular weight is 431 g/mol. The number of Topliss-reactive ketones (excluding diaryl/α,β-unsaturated/α-hetero) is 1. The van der Waals surface area contributed by atoms with Crippen molar-refractivity contribution in [3.8, 4) is 0 Å². The van der Waals surface area contributed by atoms with E-state index in [2.05, 4.69) is 13.8 Å². The lowest BCUT2D eigenvalue weighted by molar-refractivity contribution is -0.420. The molecule has 0 unspecified atom stereocenters. The fourth-order valence-corrected chi connectivity index (χ4v) is 7.99. The summed E-state index contributed by atoms with van der Waals surface area (Å²) in [6, 6.07) is 0. The number of ether oxygens (including phenoxy) is 3. The third kappa shape index (κ3) is 2.78. The van der Waals surface area contributed by atoms with E-state index in [1.165, 1.54) is 0 Å². The molecule has 1 N–H and O–H groups in total. The summed E-state index contributed by atoms with van der Waals surface area (Å²) in [7, 11) is 0. The van der Waals surface area contributed by atoms with Crippen molar-refractivity contribution in [2.75, 3.05) is 13.2 Å². The van der Waals surface area contributed by atoms with Crippen molar-refractivity contribution in [2.24, 2.45) is 28.6 Å². The van der Waals surface area contributed by atoms with Crippen molar-refractivity contribution in [1.29, 1.82) is 0 Å². The van der Waals surface area contributed by atoms with Crippen LogP contribution >= 0.6 is 0 Å². The van der Waals surface area contributed by atoms with Crippen LogP contribution < -0.4 is 0 Å². The highest BCUT2D eigenvalue weighted by molar-refractivity contribution is 6.01. The van der Waals surface area contributed by atoms with Gasteiger partial charge in [0.25, 0.3) is 5.97 Å². The molecule has 0 radical (unpaired) electrons. The summed E-state index contributed by atoms with van der Waals surface area (Å²) in [5, 5.41) is 11.5. The molecule has 5 aliphatic rings. The number of allylic oxidation sites excluding steroid dienone is 4. The quantitative estimate of drug-likeness (QED) is 0.724. The van der Waals surface area contributed by atoms with Gasteiger partial charge in [0.2, 0.25) is 0 Å². The van der Waals surface area contributed by atoms with Gasteiger partial charge in [0.15, 0.2) is 11.6 Å². The van der Waals surface area contributed by atoms with Gasteiger partial charge in [-0.05, 0) is 63.0 Å². The molecule has 170 valence electrons. The van der Waals surface area contributed by atoms with Crippen LogP contribution in [0.25, 0.3) is 0 Å². The van der Waals surface area contributed by atoms with Crippen LogP contribution in [-0.2, 0) is 23.8 Å². The number of carbonyl (C=O) groups excluding carboxylic acids is 2. The van der Waals surface area contributed by atoms with Crippen LogP contribution in [0.4, 0.5) is 0 Å². The highest BCUT2D eigenvalue weighted by Crippen LogP contribution is 2.68. The van der Waals surface area contributed by atoms with Gasteiger partial charge in [-0.1, -0.05) is 25.5 Å². The number of aliphatic hydroxyl groups excluding tert-OH is 1. The van der Waals surface area contributed by atoms with Crippen molar-refractivity contribution < 1.29 is 28.9 Å². The molecule has 5 rings (SSSR count). The van der Waals surface area contributed by atoms with E-state index >= 15 is 0 Å². The Labute approximate surface area is 184 Å². The molecule has 1 aliphatic heterocycles. The number of fused-ring (bicyclic) bond motifs is 6. The molecule has 0 aromatic heterocycles. The summed E-state index contributed by atoms with van der Waals surface area (Å²) in [5.74, 6) is -0.672. The van der Waals surface area contributed by atoms with Crippen molar-refractivity contribution in [3.05, 3.63) is 23.8 Å². The van der Waals surface area contributed by atoms with E-state index in [0.29, 0.717) is 19.4 Å². The molecule has 0 aromatic carbocycles. The predicted molar refractivity (Wildman–Crippen MR) is 113 cm³/mol. The Bertz CT molecular complexity index is 877. The van der Waals surface area contributed by atoms with E-state index in [4.69, 9.17) is 14.2 Å². The molecule has 4 aliphatic carbocycles. The lowest BCUT2D eigenvalue weighted by Gasteiger charge is -2.61. The van der Waals surface area contributed by atoms with Crippen molar-refractivity contribution in [1.82, 2.24) is 0 Å². The predicted octanol–water partition coefficient (Wildman–Crippen LogP) is 3.33. The van der Waals surface area contributed by atoms with E-state index in [9.17, 15) is 14.7 Å². The van der Waals surface area contributed by atoms with E-state index < -0.39 is 23.1 Å². The second kappa shape index (κ2) is 6.83. The summed E-state index contributed by atoms with van der Waals surface area (Å²) in [4.78, 5) is 25.3. The van der Waals surface area contributed by atoms with Crippen LogP contribution in [0.3, 0.4) is 0 Å². The second-order valence-corrected chi connectivity index (χ2v) is 10.7.